The van der Waals surface area contributed by atoms with Gasteiger partial charge >= 0.3 is 11.9 Å². The minimum Gasteiger partial charge on any atom is -0.493 e. The molecule has 1 aromatic rings. The molecular formula is C16H20O6. The van der Waals surface area contributed by atoms with E-state index in [1.54, 1.807) is 12.1 Å². The van der Waals surface area contributed by atoms with Crippen LogP contribution in [-0.2, 0) is 14.3 Å². The van der Waals surface area contributed by atoms with Crippen LogP contribution in [0.25, 0.3) is 0 Å². The molecule has 0 saturated heterocycles. The van der Waals surface area contributed by atoms with E-state index in [1.807, 2.05) is 13.8 Å². The second-order valence-corrected chi connectivity index (χ2v) is 4.80. The van der Waals surface area contributed by atoms with E-state index in [2.05, 4.69) is 0 Å². The Morgan fingerprint density at radius 1 is 1.05 bits per heavy atom. The highest BCUT2D eigenvalue weighted by Gasteiger charge is 2.08. The van der Waals surface area contributed by atoms with Crippen LogP contribution in [0.15, 0.2) is 30.4 Å². The summed E-state index contributed by atoms with van der Waals surface area (Å²) in [6.07, 6.45) is 2.05. The molecule has 0 radical (unpaired) electrons. The highest BCUT2D eigenvalue weighted by molar-refractivity contribution is 5.92. The maximum atomic E-state index is 11.6. The van der Waals surface area contributed by atoms with Crippen LogP contribution < -0.4 is 14.2 Å². The third kappa shape index (κ3) is 5.87. The van der Waals surface area contributed by atoms with Gasteiger partial charge < -0.3 is 18.9 Å². The number of carbonyl (C=O) groups excluding carboxylic acids is 2. The summed E-state index contributed by atoms with van der Waals surface area (Å²) in [5.74, 6) is 0.203. The first-order chi connectivity index (χ1) is 10.5. The Morgan fingerprint density at radius 2 is 1.68 bits per heavy atom. The molecule has 0 aromatic heterocycles. The zero-order chi connectivity index (χ0) is 16.5. The molecule has 6 heteroatoms. The first kappa shape index (κ1) is 17.6. The number of benzene rings is 1. The standard InChI is InChI=1S/C16H20O6/c1-11(2)10-21-15(17)7-8-16(18)22-12-5-6-13(19-3)14(9-12)20-4/h5-9,11H,10H2,1-4H3/b8-7+. The molecule has 0 spiro atoms. The Balaban J connectivity index is 2.59. The molecule has 0 unspecified atom stereocenters. The topological polar surface area (TPSA) is 71.1 Å². The number of esters is 2. The summed E-state index contributed by atoms with van der Waals surface area (Å²) in [6, 6.07) is 4.69. The van der Waals surface area contributed by atoms with Crippen molar-refractivity contribution in [1.29, 1.82) is 0 Å². The average Bonchev–Trinajstić information content (AvgIpc) is 2.50. The van der Waals surface area contributed by atoms with E-state index < -0.39 is 11.9 Å². The molecule has 0 bridgehead atoms. The molecule has 0 aliphatic rings. The largest absolute Gasteiger partial charge is 0.493 e. The van der Waals surface area contributed by atoms with Crippen LogP contribution in [0.1, 0.15) is 13.8 Å². The molecule has 0 N–H and O–H groups in total. The Morgan fingerprint density at radius 3 is 2.27 bits per heavy atom. The summed E-state index contributed by atoms with van der Waals surface area (Å²) in [7, 11) is 2.99. The minimum absolute atomic E-state index is 0.232. The van der Waals surface area contributed by atoms with Gasteiger partial charge in [-0.05, 0) is 18.1 Å². The number of carbonyl (C=O) groups is 2. The lowest BCUT2D eigenvalue weighted by Gasteiger charge is -2.09. The first-order valence-corrected chi connectivity index (χ1v) is 6.75. The third-order valence-corrected chi connectivity index (χ3v) is 2.49. The van der Waals surface area contributed by atoms with Gasteiger partial charge in [0.05, 0.1) is 20.8 Å². The lowest BCUT2D eigenvalue weighted by Crippen LogP contribution is -2.09. The van der Waals surface area contributed by atoms with Crippen LogP contribution in [0, 0.1) is 5.92 Å². The zero-order valence-corrected chi connectivity index (χ0v) is 13.1. The van der Waals surface area contributed by atoms with Crippen molar-refractivity contribution >= 4 is 11.9 Å². The van der Waals surface area contributed by atoms with Gasteiger partial charge in [-0.1, -0.05) is 13.8 Å². The fourth-order valence-electron chi connectivity index (χ4n) is 1.46. The van der Waals surface area contributed by atoms with Gasteiger partial charge in [0, 0.05) is 18.2 Å². The van der Waals surface area contributed by atoms with Crippen LogP contribution in [0.5, 0.6) is 17.2 Å². The minimum atomic E-state index is -0.686. The van der Waals surface area contributed by atoms with Gasteiger partial charge in [-0.15, -0.1) is 0 Å². The van der Waals surface area contributed by atoms with Gasteiger partial charge in [0.1, 0.15) is 5.75 Å². The molecule has 0 aliphatic heterocycles. The number of methoxy groups -OCH3 is 2. The highest BCUT2D eigenvalue weighted by atomic mass is 16.5. The fraction of sp³-hybridized carbons (Fsp3) is 0.375. The lowest BCUT2D eigenvalue weighted by atomic mass is 10.2. The van der Waals surface area contributed by atoms with Gasteiger partial charge in [-0.3, -0.25) is 0 Å². The molecule has 0 aliphatic carbocycles. The summed E-state index contributed by atoms with van der Waals surface area (Å²) in [4.78, 5) is 23.0. The van der Waals surface area contributed by atoms with Crippen molar-refractivity contribution in [2.75, 3.05) is 20.8 Å². The maximum Gasteiger partial charge on any atom is 0.336 e. The Kier molecular flexibility index (Phi) is 6.95. The van der Waals surface area contributed by atoms with Gasteiger partial charge in [0.25, 0.3) is 0 Å². The van der Waals surface area contributed by atoms with Gasteiger partial charge in [-0.2, -0.15) is 0 Å². The van der Waals surface area contributed by atoms with E-state index in [-0.39, 0.29) is 11.7 Å². The molecule has 120 valence electrons. The number of rotatable bonds is 7. The molecule has 6 nitrogen and oxygen atoms in total. The summed E-state index contributed by atoms with van der Waals surface area (Å²) >= 11 is 0. The summed E-state index contributed by atoms with van der Waals surface area (Å²) in [6.45, 7) is 4.14. The number of ether oxygens (including phenoxy) is 4. The van der Waals surface area contributed by atoms with Crippen molar-refractivity contribution < 1.29 is 28.5 Å². The highest BCUT2D eigenvalue weighted by Crippen LogP contribution is 2.30. The molecule has 0 saturated carbocycles. The van der Waals surface area contributed by atoms with Crippen LogP contribution >= 0.6 is 0 Å². The van der Waals surface area contributed by atoms with Gasteiger partial charge in [0.15, 0.2) is 11.5 Å². The van der Waals surface area contributed by atoms with Gasteiger partial charge in [0.2, 0.25) is 0 Å². The lowest BCUT2D eigenvalue weighted by molar-refractivity contribution is -0.139. The van der Waals surface area contributed by atoms with E-state index in [0.717, 1.165) is 12.2 Å². The number of hydrogen-bond donors (Lipinski definition) is 0. The van der Waals surface area contributed by atoms with Crippen LogP contribution in [0.2, 0.25) is 0 Å². The fourth-order valence-corrected chi connectivity index (χ4v) is 1.46. The van der Waals surface area contributed by atoms with Gasteiger partial charge in [-0.25, -0.2) is 9.59 Å². The van der Waals surface area contributed by atoms with Crippen LogP contribution in [0.3, 0.4) is 0 Å². The van der Waals surface area contributed by atoms with Crippen molar-refractivity contribution in [1.82, 2.24) is 0 Å². The summed E-state index contributed by atoms with van der Waals surface area (Å²) in [5, 5.41) is 0. The van der Waals surface area contributed by atoms with E-state index in [1.165, 1.54) is 20.3 Å². The van der Waals surface area contributed by atoms with Crippen molar-refractivity contribution in [3.63, 3.8) is 0 Å². The molecule has 22 heavy (non-hydrogen) atoms. The quantitative estimate of drug-likeness (QED) is 0.437. The molecule has 1 aromatic carbocycles. The Bertz CT molecular complexity index is 548. The van der Waals surface area contributed by atoms with E-state index in [0.29, 0.717) is 18.1 Å². The smallest absolute Gasteiger partial charge is 0.336 e. The molecule has 0 fully saturated rings. The van der Waals surface area contributed by atoms with E-state index >= 15 is 0 Å². The molecule has 0 atom stereocenters. The molecule has 0 amide bonds. The molecule has 1 rings (SSSR count). The SMILES string of the molecule is COc1ccc(OC(=O)/C=C/C(=O)OCC(C)C)cc1OC. The first-order valence-electron chi connectivity index (χ1n) is 6.75. The third-order valence-electron chi connectivity index (χ3n) is 2.49. The van der Waals surface area contributed by atoms with Crippen LogP contribution in [0.4, 0.5) is 0 Å². The normalized spacial score (nSPS) is 10.6. The van der Waals surface area contributed by atoms with Crippen LogP contribution in [-0.4, -0.2) is 32.8 Å². The summed E-state index contributed by atoms with van der Waals surface area (Å²) < 4.78 is 20.1. The van der Waals surface area contributed by atoms with Crippen molar-refractivity contribution in [2.24, 2.45) is 5.92 Å². The number of hydrogen-bond acceptors (Lipinski definition) is 6. The second kappa shape index (κ2) is 8.71. The van der Waals surface area contributed by atoms with E-state index in [9.17, 15) is 9.59 Å². The van der Waals surface area contributed by atoms with E-state index in [4.69, 9.17) is 18.9 Å². The predicted molar refractivity (Wildman–Crippen MR) is 80.1 cm³/mol. The summed E-state index contributed by atoms with van der Waals surface area (Å²) in [5.41, 5.74) is 0. The average molecular weight is 308 g/mol. The Labute approximate surface area is 129 Å². The second-order valence-electron chi connectivity index (χ2n) is 4.80. The van der Waals surface area contributed by atoms with Crippen molar-refractivity contribution in [2.45, 2.75) is 13.8 Å². The zero-order valence-electron chi connectivity index (χ0n) is 13.1. The molecule has 0 heterocycles. The monoisotopic (exact) mass is 308 g/mol. The van der Waals surface area contributed by atoms with Crippen molar-refractivity contribution in [3.8, 4) is 17.2 Å². The van der Waals surface area contributed by atoms with Crippen molar-refractivity contribution in [3.05, 3.63) is 30.4 Å². The predicted octanol–water partition coefficient (Wildman–Crippen LogP) is 2.36. The molecular weight excluding hydrogens is 288 g/mol. The maximum absolute atomic E-state index is 11.6. The Hall–Kier alpha value is -2.50.